The maximum absolute atomic E-state index is 13.7. The SMILES string of the molecule is CN(C)CC1CCN(C(=O)c2cc(Br)ccc2F)CC1. The molecular formula is C15H20BrFN2O. The third-order valence-corrected chi connectivity index (χ3v) is 4.18. The first-order valence-electron chi connectivity index (χ1n) is 6.86. The van der Waals surface area contributed by atoms with Crippen LogP contribution >= 0.6 is 15.9 Å². The van der Waals surface area contributed by atoms with Gasteiger partial charge in [0.15, 0.2) is 0 Å². The van der Waals surface area contributed by atoms with Crippen molar-refractivity contribution in [2.24, 2.45) is 5.92 Å². The van der Waals surface area contributed by atoms with Crippen LogP contribution in [0.3, 0.4) is 0 Å². The molecule has 110 valence electrons. The summed E-state index contributed by atoms with van der Waals surface area (Å²) in [5.41, 5.74) is 0.158. The molecule has 3 nitrogen and oxygen atoms in total. The Kier molecular flexibility index (Phi) is 5.16. The molecule has 0 atom stereocenters. The molecule has 0 bridgehead atoms. The number of rotatable bonds is 3. The van der Waals surface area contributed by atoms with Crippen molar-refractivity contribution in [1.29, 1.82) is 0 Å². The second-order valence-electron chi connectivity index (χ2n) is 5.62. The Hall–Kier alpha value is -0.940. The number of amides is 1. The fourth-order valence-electron chi connectivity index (χ4n) is 2.67. The van der Waals surface area contributed by atoms with E-state index in [-0.39, 0.29) is 11.5 Å². The number of benzene rings is 1. The highest BCUT2D eigenvalue weighted by atomic mass is 79.9. The van der Waals surface area contributed by atoms with Crippen LogP contribution in [-0.2, 0) is 0 Å². The third-order valence-electron chi connectivity index (χ3n) is 3.68. The predicted molar refractivity (Wildman–Crippen MR) is 81.3 cm³/mol. The summed E-state index contributed by atoms with van der Waals surface area (Å²) < 4.78 is 14.5. The van der Waals surface area contributed by atoms with Crippen molar-refractivity contribution in [1.82, 2.24) is 9.80 Å². The first-order chi connectivity index (χ1) is 9.47. The lowest BCUT2D eigenvalue weighted by Crippen LogP contribution is -2.40. The van der Waals surface area contributed by atoms with Crippen LogP contribution in [-0.4, -0.2) is 49.4 Å². The van der Waals surface area contributed by atoms with Crippen molar-refractivity contribution >= 4 is 21.8 Å². The molecule has 20 heavy (non-hydrogen) atoms. The zero-order chi connectivity index (χ0) is 14.7. The Morgan fingerprint density at radius 1 is 1.40 bits per heavy atom. The molecule has 1 fully saturated rings. The Morgan fingerprint density at radius 2 is 2.05 bits per heavy atom. The van der Waals surface area contributed by atoms with Gasteiger partial charge in [-0.15, -0.1) is 0 Å². The van der Waals surface area contributed by atoms with Gasteiger partial charge in [-0.05, 0) is 51.1 Å². The van der Waals surface area contributed by atoms with E-state index in [9.17, 15) is 9.18 Å². The number of halogens is 2. The van der Waals surface area contributed by atoms with Gasteiger partial charge in [-0.2, -0.15) is 0 Å². The van der Waals surface area contributed by atoms with Gasteiger partial charge in [-0.3, -0.25) is 4.79 Å². The number of hydrogen-bond donors (Lipinski definition) is 0. The minimum absolute atomic E-state index is 0.158. The molecule has 0 saturated carbocycles. The maximum Gasteiger partial charge on any atom is 0.256 e. The highest BCUT2D eigenvalue weighted by Gasteiger charge is 2.25. The zero-order valence-electron chi connectivity index (χ0n) is 11.9. The molecular weight excluding hydrogens is 323 g/mol. The van der Waals surface area contributed by atoms with Crippen molar-refractivity contribution in [2.75, 3.05) is 33.7 Å². The number of likely N-dealkylation sites (tertiary alicyclic amines) is 1. The predicted octanol–water partition coefficient (Wildman–Crippen LogP) is 3.00. The topological polar surface area (TPSA) is 23.6 Å². The monoisotopic (exact) mass is 342 g/mol. The molecule has 0 radical (unpaired) electrons. The number of hydrogen-bond acceptors (Lipinski definition) is 2. The summed E-state index contributed by atoms with van der Waals surface area (Å²) in [5.74, 6) is -0.0258. The summed E-state index contributed by atoms with van der Waals surface area (Å²) in [7, 11) is 4.13. The molecule has 0 N–H and O–H groups in total. The number of piperidine rings is 1. The van der Waals surface area contributed by atoms with Gasteiger partial charge in [-0.1, -0.05) is 15.9 Å². The van der Waals surface area contributed by atoms with Crippen LogP contribution in [0.25, 0.3) is 0 Å². The second-order valence-corrected chi connectivity index (χ2v) is 6.54. The molecule has 1 aromatic rings. The number of nitrogens with zero attached hydrogens (tertiary/aromatic N) is 2. The van der Waals surface area contributed by atoms with Crippen LogP contribution in [0.2, 0.25) is 0 Å². The maximum atomic E-state index is 13.7. The van der Waals surface area contributed by atoms with Crippen molar-refractivity contribution < 1.29 is 9.18 Å². The molecule has 0 spiro atoms. The van der Waals surface area contributed by atoms with Crippen LogP contribution < -0.4 is 0 Å². The van der Waals surface area contributed by atoms with Crippen LogP contribution in [0.4, 0.5) is 4.39 Å². The Morgan fingerprint density at radius 3 is 2.65 bits per heavy atom. The normalized spacial score (nSPS) is 16.8. The Bertz CT molecular complexity index is 485. The molecule has 1 amide bonds. The zero-order valence-corrected chi connectivity index (χ0v) is 13.5. The highest BCUT2D eigenvalue weighted by Crippen LogP contribution is 2.22. The lowest BCUT2D eigenvalue weighted by atomic mass is 9.96. The van der Waals surface area contributed by atoms with Crippen molar-refractivity contribution in [3.63, 3.8) is 0 Å². The van der Waals surface area contributed by atoms with E-state index in [1.807, 2.05) is 0 Å². The van der Waals surface area contributed by atoms with Gasteiger partial charge < -0.3 is 9.80 Å². The van der Waals surface area contributed by atoms with Gasteiger partial charge in [0.1, 0.15) is 5.82 Å². The van der Waals surface area contributed by atoms with E-state index in [1.54, 1.807) is 17.0 Å². The smallest absolute Gasteiger partial charge is 0.256 e. The highest BCUT2D eigenvalue weighted by molar-refractivity contribution is 9.10. The fourth-order valence-corrected chi connectivity index (χ4v) is 3.03. The minimum Gasteiger partial charge on any atom is -0.339 e. The number of carbonyl (C=O) groups excluding carboxylic acids is 1. The van der Waals surface area contributed by atoms with Crippen LogP contribution in [0, 0.1) is 11.7 Å². The molecule has 0 unspecified atom stereocenters. The summed E-state index contributed by atoms with van der Waals surface area (Å²) >= 11 is 3.28. The quantitative estimate of drug-likeness (QED) is 0.842. The molecule has 2 rings (SSSR count). The molecule has 0 aromatic heterocycles. The number of carbonyl (C=O) groups is 1. The Balaban J connectivity index is 2.00. The van der Waals surface area contributed by atoms with E-state index in [4.69, 9.17) is 0 Å². The van der Waals surface area contributed by atoms with E-state index in [2.05, 4.69) is 34.9 Å². The van der Waals surface area contributed by atoms with E-state index in [1.165, 1.54) is 6.07 Å². The second kappa shape index (κ2) is 6.68. The average Bonchev–Trinajstić information content (AvgIpc) is 2.41. The van der Waals surface area contributed by atoms with Gasteiger partial charge in [-0.25, -0.2) is 4.39 Å². The average molecular weight is 343 g/mol. The van der Waals surface area contributed by atoms with E-state index >= 15 is 0 Å². The van der Waals surface area contributed by atoms with Crippen LogP contribution in [0.15, 0.2) is 22.7 Å². The van der Waals surface area contributed by atoms with E-state index in [0.29, 0.717) is 19.0 Å². The van der Waals surface area contributed by atoms with Gasteiger partial charge in [0, 0.05) is 24.1 Å². The van der Waals surface area contributed by atoms with Crippen molar-refractivity contribution in [2.45, 2.75) is 12.8 Å². The third kappa shape index (κ3) is 3.79. The van der Waals surface area contributed by atoms with Crippen molar-refractivity contribution in [3.05, 3.63) is 34.1 Å². The minimum atomic E-state index is -0.450. The summed E-state index contributed by atoms with van der Waals surface area (Å²) in [5, 5.41) is 0. The lowest BCUT2D eigenvalue weighted by molar-refractivity contribution is 0.0673. The fraction of sp³-hybridized carbons (Fsp3) is 0.533. The molecule has 1 saturated heterocycles. The van der Waals surface area contributed by atoms with Crippen LogP contribution in [0.1, 0.15) is 23.2 Å². The summed E-state index contributed by atoms with van der Waals surface area (Å²) in [6.07, 6.45) is 1.97. The van der Waals surface area contributed by atoms with Crippen LogP contribution in [0.5, 0.6) is 0 Å². The van der Waals surface area contributed by atoms with Gasteiger partial charge in [0.25, 0.3) is 5.91 Å². The summed E-state index contributed by atoms with van der Waals surface area (Å²) in [6, 6.07) is 4.50. The van der Waals surface area contributed by atoms with Gasteiger partial charge >= 0.3 is 0 Å². The first-order valence-corrected chi connectivity index (χ1v) is 7.65. The molecule has 1 aliphatic rings. The largest absolute Gasteiger partial charge is 0.339 e. The standard InChI is InChI=1S/C15H20BrFN2O/c1-18(2)10-11-5-7-19(8-6-11)15(20)13-9-12(16)3-4-14(13)17/h3-4,9,11H,5-8,10H2,1-2H3. The van der Waals surface area contributed by atoms with Gasteiger partial charge in [0.05, 0.1) is 5.56 Å². The lowest BCUT2D eigenvalue weighted by Gasteiger charge is -2.33. The molecule has 5 heteroatoms. The van der Waals surface area contributed by atoms with E-state index < -0.39 is 5.82 Å². The van der Waals surface area contributed by atoms with Crippen molar-refractivity contribution in [3.8, 4) is 0 Å². The molecule has 1 aromatic carbocycles. The molecule has 1 heterocycles. The first kappa shape index (κ1) is 15.4. The Labute approximate surface area is 127 Å². The molecule has 1 aliphatic heterocycles. The molecule has 0 aliphatic carbocycles. The van der Waals surface area contributed by atoms with Gasteiger partial charge in [0.2, 0.25) is 0 Å². The summed E-state index contributed by atoms with van der Waals surface area (Å²) in [6.45, 7) is 2.47. The summed E-state index contributed by atoms with van der Waals surface area (Å²) in [4.78, 5) is 16.3. The van der Waals surface area contributed by atoms with E-state index in [0.717, 1.165) is 23.9 Å².